The molecule has 7 nitrogen and oxygen atoms in total. The first-order valence-corrected chi connectivity index (χ1v) is 8.97. The normalized spacial score (nSPS) is 10.1. The predicted molar refractivity (Wildman–Crippen MR) is 104 cm³/mol. The first kappa shape index (κ1) is 21.0. The fraction of sp³-hybridized carbons (Fsp3) is 0.300. The van der Waals surface area contributed by atoms with Crippen LogP contribution in [-0.2, 0) is 11.3 Å². The van der Waals surface area contributed by atoms with Crippen LogP contribution < -0.4 is 25.4 Å². The van der Waals surface area contributed by atoms with E-state index in [1.165, 1.54) is 12.1 Å². The number of benzene rings is 2. The van der Waals surface area contributed by atoms with Gasteiger partial charge in [0.1, 0.15) is 17.3 Å². The molecule has 0 aliphatic rings. The van der Waals surface area contributed by atoms with E-state index in [1.807, 2.05) is 13.8 Å². The highest BCUT2D eigenvalue weighted by Crippen LogP contribution is 2.29. The van der Waals surface area contributed by atoms with Gasteiger partial charge in [0, 0.05) is 12.6 Å². The molecule has 2 aromatic carbocycles. The molecule has 0 saturated heterocycles. The second-order valence-corrected chi connectivity index (χ2v) is 5.73. The van der Waals surface area contributed by atoms with Crippen molar-refractivity contribution < 1.29 is 23.5 Å². The van der Waals surface area contributed by atoms with Crippen molar-refractivity contribution in [2.24, 2.45) is 0 Å². The lowest BCUT2D eigenvalue weighted by molar-refractivity contribution is -0.115. The predicted octanol–water partition coefficient (Wildman–Crippen LogP) is 3.06. The SMILES string of the molecule is CCOc1ccc(OCC)c(NC(=O)CNC(=O)NCc2ccc(F)cc2)c1. The Balaban J connectivity index is 1.84. The summed E-state index contributed by atoms with van der Waals surface area (Å²) in [6.45, 7) is 4.65. The van der Waals surface area contributed by atoms with Crippen LogP contribution in [0.15, 0.2) is 42.5 Å². The summed E-state index contributed by atoms with van der Waals surface area (Å²) in [4.78, 5) is 24.0. The van der Waals surface area contributed by atoms with Crippen molar-refractivity contribution in [3.05, 3.63) is 53.8 Å². The molecule has 2 aromatic rings. The van der Waals surface area contributed by atoms with Crippen molar-refractivity contribution >= 4 is 17.6 Å². The number of ether oxygens (including phenoxy) is 2. The number of carbonyl (C=O) groups excluding carboxylic acids is 2. The smallest absolute Gasteiger partial charge is 0.315 e. The summed E-state index contributed by atoms with van der Waals surface area (Å²) >= 11 is 0. The highest BCUT2D eigenvalue weighted by Gasteiger charge is 2.11. The molecule has 3 amide bonds. The Bertz CT molecular complexity index is 797. The molecule has 0 aromatic heterocycles. The molecule has 28 heavy (non-hydrogen) atoms. The van der Waals surface area contributed by atoms with Gasteiger partial charge in [0.05, 0.1) is 25.4 Å². The Morgan fingerprint density at radius 2 is 1.68 bits per heavy atom. The molecule has 0 fully saturated rings. The minimum absolute atomic E-state index is 0.221. The van der Waals surface area contributed by atoms with Gasteiger partial charge in [-0.1, -0.05) is 12.1 Å². The van der Waals surface area contributed by atoms with Gasteiger partial charge in [0.25, 0.3) is 0 Å². The van der Waals surface area contributed by atoms with Crippen molar-refractivity contribution in [2.75, 3.05) is 25.1 Å². The number of amides is 3. The standard InChI is InChI=1S/C20H24FN3O4/c1-3-27-16-9-10-18(28-4-2)17(11-16)24-19(25)13-23-20(26)22-12-14-5-7-15(21)8-6-14/h5-11H,3-4,12-13H2,1-2H3,(H,24,25)(H2,22,23,26). The summed E-state index contributed by atoms with van der Waals surface area (Å²) in [6.07, 6.45) is 0. The van der Waals surface area contributed by atoms with E-state index in [2.05, 4.69) is 16.0 Å². The van der Waals surface area contributed by atoms with Gasteiger partial charge in [-0.3, -0.25) is 4.79 Å². The first-order chi connectivity index (χ1) is 13.5. The summed E-state index contributed by atoms with van der Waals surface area (Å²) in [7, 11) is 0. The van der Waals surface area contributed by atoms with Gasteiger partial charge in [-0.2, -0.15) is 0 Å². The number of hydrogen-bond acceptors (Lipinski definition) is 4. The summed E-state index contributed by atoms with van der Waals surface area (Å²) in [5.41, 5.74) is 1.21. The maximum atomic E-state index is 12.9. The third-order valence-electron chi connectivity index (χ3n) is 3.61. The zero-order valence-electron chi connectivity index (χ0n) is 15.9. The maximum absolute atomic E-state index is 12.9. The fourth-order valence-corrected chi connectivity index (χ4v) is 2.35. The zero-order valence-corrected chi connectivity index (χ0v) is 15.9. The summed E-state index contributed by atoms with van der Waals surface area (Å²) in [5, 5.41) is 7.77. The Kier molecular flexibility index (Phi) is 8.08. The number of hydrogen-bond donors (Lipinski definition) is 3. The van der Waals surface area contributed by atoms with Gasteiger partial charge in [-0.25, -0.2) is 9.18 Å². The summed E-state index contributed by atoms with van der Waals surface area (Å²) < 4.78 is 23.8. The molecule has 0 unspecified atom stereocenters. The van der Waals surface area contributed by atoms with Gasteiger partial charge in [-0.05, 0) is 43.7 Å². The van der Waals surface area contributed by atoms with Crippen LogP contribution in [0.5, 0.6) is 11.5 Å². The highest BCUT2D eigenvalue weighted by atomic mass is 19.1. The van der Waals surface area contributed by atoms with Crippen LogP contribution in [0.4, 0.5) is 14.9 Å². The second kappa shape index (κ2) is 10.8. The summed E-state index contributed by atoms with van der Waals surface area (Å²) in [5.74, 6) is 0.363. The molecule has 0 radical (unpaired) electrons. The average molecular weight is 389 g/mol. The summed E-state index contributed by atoms with van der Waals surface area (Å²) in [6, 6.07) is 10.4. The van der Waals surface area contributed by atoms with Crippen LogP contribution in [0, 0.1) is 5.82 Å². The van der Waals surface area contributed by atoms with Crippen molar-refractivity contribution in [3.8, 4) is 11.5 Å². The quantitative estimate of drug-likeness (QED) is 0.615. The maximum Gasteiger partial charge on any atom is 0.315 e. The minimum atomic E-state index is -0.507. The van der Waals surface area contributed by atoms with E-state index in [0.717, 1.165) is 5.56 Å². The molecule has 3 N–H and O–H groups in total. The fourth-order valence-electron chi connectivity index (χ4n) is 2.35. The largest absolute Gasteiger partial charge is 0.494 e. The van der Waals surface area contributed by atoms with Crippen LogP contribution in [0.3, 0.4) is 0 Å². The van der Waals surface area contributed by atoms with E-state index >= 15 is 0 Å². The lowest BCUT2D eigenvalue weighted by atomic mass is 10.2. The molecule has 0 aliphatic heterocycles. The Labute approximate surface area is 163 Å². The second-order valence-electron chi connectivity index (χ2n) is 5.73. The molecule has 0 bridgehead atoms. The lowest BCUT2D eigenvalue weighted by Gasteiger charge is -2.14. The van der Waals surface area contributed by atoms with Crippen LogP contribution in [0.1, 0.15) is 19.4 Å². The molecule has 0 aliphatic carbocycles. The molecule has 0 atom stereocenters. The number of anilines is 1. The lowest BCUT2D eigenvalue weighted by Crippen LogP contribution is -2.39. The van der Waals surface area contributed by atoms with E-state index in [0.29, 0.717) is 30.4 Å². The third-order valence-corrected chi connectivity index (χ3v) is 3.61. The molecule has 8 heteroatoms. The average Bonchev–Trinajstić information content (AvgIpc) is 2.68. The number of nitrogens with one attached hydrogen (secondary N) is 3. The molecule has 0 spiro atoms. The van der Waals surface area contributed by atoms with Crippen molar-refractivity contribution in [3.63, 3.8) is 0 Å². The van der Waals surface area contributed by atoms with Crippen molar-refractivity contribution in [1.29, 1.82) is 0 Å². The van der Waals surface area contributed by atoms with Gasteiger partial charge in [0.2, 0.25) is 5.91 Å². The van der Waals surface area contributed by atoms with Gasteiger partial charge in [0.15, 0.2) is 0 Å². The molecule has 2 rings (SSSR count). The van der Waals surface area contributed by atoms with Crippen LogP contribution in [0.25, 0.3) is 0 Å². The molecular formula is C20H24FN3O4. The van der Waals surface area contributed by atoms with Crippen LogP contribution in [0.2, 0.25) is 0 Å². The van der Waals surface area contributed by atoms with Crippen molar-refractivity contribution in [2.45, 2.75) is 20.4 Å². The Morgan fingerprint density at radius 1 is 0.964 bits per heavy atom. The number of rotatable bonds is 9. The number of carbonyl (C=O) groups is 2. The van der Waals surface area contributed by atoms with Crippen LogP contribution >= 0.6 is 0 Å². The Morgan fingerprint density at radius 3 is 2.36 bits per heavy atom. The molecule has 0 saturated carbocycles. The monoisotopic (exact) mass is 389 g/mol. The molecule has 150 valence electrons. The van der Waals surface area contributed by atoms with E-state index in [-0.39, 0.29) is 18.9 Å². The zero-order chi connectivity index (χ0) is 20.4. The molecular weight excluding hydrogens is 365 g/mol. The van der Waals surface area contributed by atoms with E-state index in [4.69, 9.17) is 9.47 Å². The molecule has 0 heterocycles. The minimum Gasteiger partial charge on any atom is -0.494 e. The third kappa shape index (κ3) is 6.79. The van der Waals surface area contributed by atoms with E-state index in [1.54, 1.807) is 30.3 Å². The first-order valence-electron chi connectivity index (χ1n) is 8.97. The number of halogens is 1. The highest BCUT2D eigenvalue weighted by molar-refractivity contribution is 5.95. The van der Waals surface area contributed by atoms with Gasteiger partial charge < -0.3 is 25.4 Å². The topological polar surface area (TPSA) is 88.7 Å². The van der Waals surface area contributed by atoms with Crippen LogP contribution in [-0.4, -0.2) is 31.7 Å². The van der Waals surface area contributed by atoms with E-state index < -0.39 is 11.9 Å². The number of urea groups is 1. The Hall–Kier alpha value is -3.29. The van der Waals surface area contributed by atoms with Gasteiger partial charge >= 0.3 is 6.03 Å². The van der Waals surface area contributed by atoms with Gasteiger partial charge in [-0.15, -0.1) is 0 Å². The van der Waals surface area contributed by atoms with E-state index in [9.17, 15) is 14.0 Å². The van der Waals surface area contributed by atoms with Crippen molar-refractivity contribution in [1.82, 2.24) is 10.6 Å².